The highest BCUT2D eigenvalue weighted by Crippen LogP contribution is 2.29. The van der Waals surface area contributed by atoms with Gasteiger partial charge in [0, 0.05) is 38.3 Å². The summed E-state index contributed by atoms with van der Waals surface area (Å²) in [5.74, 6) is 2.35. The first-order valence-electron chi connectivity index (χ1n) is 11.0. The summed E-state index contributed by atoms with van der Waals surface area (Å²) >= 11 is 0. The summed E-state index contributed by atoms with van der Waals surface area (Å²) in [4.78, 5) is 36.9. The summed E-state index contributed by atoms with van der Waals surface area (Å²) in [6, 6.07) is 12.2. The van der Waals surface area contributed by atoms with Crippen molar-refractivity contribution in [2.45, 2.75) is 25.3 Å². The van der Waals surface area contributed by atoms with E-state index in [4.69, 9.17) is 9.47 Å². The van der Waals surface area contributed by atoms with Crippen molar-refractivity contribution in [2.75, 3.05) is 14.2 Å². The number of benzene rings is 2. The van der Waals surface area contributed by atoms with Crippen molar-refractivity contribution in [1.29, 1.82) is 0 Å². The minimum Gasteiger partial charge on any atom is -0.497 e. The van der Waals surface area contributed by atoms with E-state index in [0.29, 0.717) is 46.9 Å². The molecule has 9 nitrogen and oxygen atoms in total. The van der Waals surface area contributed by atoms with Crippen LogP contribution in [0, 0.1) is 0 Å². The first kappa shape index (κ1) is 23.0. The van der Waals surface area contributed by atoms with E-state index in [-0.39, 0.29) is 17.9 Å². The Labute approximate surface area is 196 Å². The molecule has 0 spiro atoms. The summed E-state index contributed by atoms with van der Waals surface area (Å²) in [5, 5.41) is 3.63. The number of ether oxygens (including phenoxy) is 2. The van der Waals surface area contributed by atoms with Gasteiger partial charge in [0.25, 0.3) is 5.56 Å². The van der Waals surface area contributed by atoms with Gasteiger partial charge in [0.2, 0.25) is 5.91 Å². The maximum atomic E-state index is 12.9. The van der Waals surface area contributed by atoms with Gasteiger partial charge in [-0.1, -0.05) is 12.1 Å². The van der Waals surface area contributed by atoms with E-state index in [1.54, 1.807) is 44.7 Å². The Morgan fingerprint density at radius 1 is 1.15 bits per heavy atom. The highest BCUT2D eigenvalue weighted by Gasteiger charge is 2.22. The van der Waals surface area contributed by atoms with Gasteiger partial charge in [-0.05, 0) is 36.2 Å². The second-order valence-corrected chi connectivity index (χ2v) is 7.93. The van der Waals surface area contributed by atoms with Crippen molar-refractivity contribution in [3.8, 4) is 11.5 Å². The lowest BCUT2D eigenvalue weighted by molar-refractivity contribution is -0.121. The number of fused-ring (bicyclic) bond motifs is 1. The molecule has 176 valence electrons. The van der Waals surface area contributed by atoms with Crippen LogP contribution < -0.4 is 20.3 Å². The molecule has 2 aromatic carbocycles. The van der Waals surface area contributed by atoms with Gasteiger partial charge in [0.1, 0.15) is 29.2 Å². The number of hydrogen-bond acceptors (Lipinski definition) is 6. The molecule has 0 fully saturated rings. The third kappa shape index (κ3) is 5.09. The molecule has 1 atom stereocenters. The fourth-order valence-corrected chi connectivity index (χ4v) is 3.85. The molecule has 4 rings (SSSR count). The minimum absolute atomic E-state index is 0.141. The summed E-state index contributed by atoms with van der Waals surface area (Å²) in [5.41, 5.74) is 1.26. The Morgan fingerprint density at radius 2 is 1.88 bits per heavy atom. The van der Waals surface area contributed by atoms with Crippen LogP contribution in [-0.2, 0) is 18.3 Å². The van der Waals surface area contributed by atoms with Crippen LogP contribution in [0.3, 0.4) is 0 Å². The Hall–Kier alpha value is -4.14. The van der Waals surface area contributed by atoms with Gasteiger partial charge in [0.05, 0.1) is 25.1 Å². The highest BCUT2D eigenvalue weighted by atomic mass is 16.5. The van der Waals surface area contributed by atoms with Crippen LogP contribution in [-0.4, -0.2) is 39.6 Å². The number of methoxy groups -OCH3 is 2. The number of aryl methyl sites for hydroxylation is 2. The third-order valence-corrected chi connectivity index (χ3v) is 5.61. The van der Waals surface area contributed by atoms with Crippen molar-refractivity contribution >= 4 is 16.8 Å². The number of aromatic nitrogens is 4. The SMILES string of the molecule is COc1cc(OC)cc([C@@H](NC(=O)CCCc2nc3ccccc3c(=O)[nH]2)c2nccn2C)c1. The molecule has 0 aliphatic heterocycles. The number of carbonyl (C=O) groups excluding carboxylic acids is 1. The highest BCUT2D eigenvalue weighted by molar-refractivity contribution is 5.77. The smallest absolute Gasteiger partial charge is 0.258 e. The molecular weight excluding hydrogens is 434 g/mol. The van der Waals surface area contributed by atoms with Gasteiger partial charge < -0.3 is 24.3 Å². The van der Waals surface area contributed by atoms with Gasteiger partial charge in [-0.3, -0.25) is 9.59 Å². The number of nitrogens with one attached hydrogen (secondary N) is 2. The van der Waals surface area contributed by atoms with Gasteiger partial charge in [0.15, 0.2) is 0 Å². The van der Waals surface area contributed by atoms with Crippen LogP contribution in [0.25, 0.3) is 10.9 Å². The standard InChI is InChI=1S/C25H27N5O4/c1-30-12-11-26-24(30)23(16-13-17(33-2)15-18(14-16)34-3)29-22(31)10-6-9-21-27-20-8-5-4-7-19(20)25(32)28-21/h4-5,7-8,11-15,23H,6,9-10H2,1-3H3,(H,29,31)(H,27,28,32)/t23-/m1/s1. The number of aromatic amines is 1. The first-order chi connectivity index (χ1) is 16.5. The molecule has 0 aliphatic rings. The molecule has 0 bridgehead atoms. The summed E-state index contributed by atoms with van der Waals surface area (Å²) in [6.07, 6.45) is 4.79. The van der Waals surface area contributed by atoms with Gasteiger partial charge in [-0.25, -0.2) is 9.97 Å². The quantitative estimate of drug-likeness (QED) is 0.397. The molecule has 1 amide bonds. The largest absolute Gasteiger partial charge is 0.497 e. The number of H-pyrrole nitrogens is 1. The van der Waals surface area contributed by atoms with Crippen molar-refractivity contribution < 1.29 is 14.3 Å². The molecule has 2 N–H and O–H groups in total. The predicted molar refractivity (Wildman–Crippen MR) is 128 cm³/mol. The Bertz CT molecular complexity index is 1340. The fourth-order valence-electron chi connectivity index (χ4n) is 3.85. The topological polar surface area (TPSA) is 111 Å². The molecule has 2 aromatic heterocycles. The molecule has 2 heterocycles. The Kier molecular flexibility index (Phi) is 6.91. The maximum absolute atomic E-state index is 12.9. The second-order valence-electron chi connectivity index (χ2n) is 7.93. The van der Waals surface area contributed by atoms with Crippen molar-refractivity contribution in [3.63, 3.8) is 0 Å². The van der Waals surface area contributed by atoms with Gasteiger partial charge >= 0.3 is 0 Å². The zero-order chi connectivity index (χ0) is 24.1. The van der Waals surface area contributed by atoms with E-state index in [9.17, 15) is 9.59 Å². The fraction of sp³-hybridized carbons (Fsp3) is 0.280. The number of nitrogens with zero attached hydrogens (tertiary/aromatic N) is 3. The van der Waals surface area contributed by atoms with Gasteiger partial charge in [-0.2, -0.15) is 0 Å². The molecule has 4 aromatic rings. The minimum atomic E-state index is -0.491. The van der Waals surface area contributed by atoms with E-state index in [2.05, 4.69) is 20.3 Å². The summed E-state index contributed by atoms with van der Waals surface area (Å²) in [7, 11) is 5.04. The predicted octanol–water partition coefficient (Wildman–Crippen LogP) is 2.90. The monoisotopic (exact) mass is 461 g/mol. The third-order valence-electron chi connectivity index (χ3n) is 5.61. The number of carbonyl (C=O) groups is 1. The lowest BCUT2D eigenvalue weighted by atomic mass is 10.0. The van der Waals surface area contributed by atoms with Crippen LogP contribution >= 0.6 is 0 Å². The molecule has 0 saturated heterocycles. The Balaban J connectivity index is 1.49. The zero-order valence-electron chi connectivity index (χ0n) is 19.4. The van der Waals surface area contributed by atoms with Crippen molar-refractivity contribution in [2.24, 2.45) is 7.05 Å². The first-order valence-corrected chi connectivity index (χ1v) is 11.0. The van der Waals surface area contributed by atoms with Crippen LogP contribution in [0.5, 0.6) is 11.5 Å². The lowest BCUT2D eigenvalue weighted by Gasteiger charge is -2.20. The number of para-hydroxylation sites is 1. The zero-order valence-corrected chi connectivity index (χ0v) is 19.4. The van der Waals surface area contributed by atoms with E-state index >= 15 is 0 Å². The molecule has 34 heavy (non-hydrogen) atoms. The molecule has 0 unspecified atom stereocenters. The molecule has 0 saturated carbocycles. The van der Waals surface area contributed by atoms with Crippen LogP contribution in [0.4, 0.5) is 0 Å². The molecule has 9 heteroatoms. The van der Waals surface area contributed by atoms with Crippen LogP contribution in [0.15, 0.2) is 59.7 Å². The molecule has 0 aliphatic carbocycles. The molecule has 0 radical (unpaired) electrons. The Morgan fingerprint density at radius 3 is 2.56 bits per heavy atom. The number of amides is 1. The number of hydrogen-bond donors (Lipinski definition) is 2. The van der Waals surface area contributed by atoms with Gasteiger partial charge in [-0.15, -0.1) is 0 Å². The summed E-state index contributed by atoms with van der Waals surface area (Å²) < 4.78 is 12.7. The normalized spacial score (nSPS) is 11.9. The molecular formula is C25H27N5O4. The average Bonchev–Trinajstić information content (AvgIpc) is 3.27. The second kappa shape index (κ2) is 10.2. The van der Waals surface area contributed by atoms with Crippen LogP contribution in [0.2, 0.25) is 0 Å². The summed E-state index contributed by atoms with van der Waals surface area (Å²) in [6.45, 7) is 0. The van der Waals surface area contributed by atoms with E-state index in [0.717, 1.165) is 5.56 Å². The van der Waals surface area contributed by atoms with E-state index in [1.165, 1.54) is 0 Å². The maximum Gasteiger partial charge on any atom is 0.258 e. The van der Waals surface area contributed by atoms with Crippen molar-refractivity contribution in [3.05, 3.63) is 82.4 Å². The number of rotatable bonds is 9. The average molecular weight is 462 g/mol. The van der Waals surface area contributed by atoms with E-state index < -0.39 is 6.04 Å². The lowest BCUT2D eigenvalue weighted by Crippen LogP contribution is -2.31. The van der Waals surface area contributed by atoms with Crippen LogP contribution in [0.1, 0.15) is 36.1 Å². The number of imidazole rings is 1. The van der Waals surface area contributed by atoms with Crippen molar-refractivity contribution in [1.82, 2.24) is 24.8 Å². The van der Waals surface area contributed by atoms with E-state index in [1.807, 2.05) is 36.0 Å².